The molecule has 206 valence electrons. The van der Waals surface area contributed by atoms with Gasteiger partial charge in [-0.2, -0.15) is 10.4 Å². The van der Waals surface area contributed by atoms with Gasteiger partial charge in [0, 0.05) is 91.0 Å². The van der Waals surface area contributed by atoms with Crippen LogP contribution in [0, 0.1) is 11.3 Å². The van der Waals surface area contributed by atoms with E-state index in [1.807, 2.05) is 36.8 Å². The molecular formula is C31H31N9O. The number of fused-ring (bicyclic) bond motifs is 3. The van der Waals surface area contributed by atoms with E-state index in [-0.39, 0.29) is 0 Å². The van der Waals surface area contributed by atoms with Crippen LogP contribution < -0.4 is 15.4 Å². The number of nitrogens with two attached hydrogens (primary N) is 1. The number of nitrogens with zero attached hydrogens (tertiary/aromatic N) is 8. The first-order valence-corrected chi connectivity index (χ1v) is 14.0. The van der Waals surface area contributed by atoms with Crippen molar-refractivity contribution in [1.29, 1.82) is 5.26 Å². The number of hydrogen-bond donors (Lipinski definition) is 1. The van der Waals surface area contributed by atoms with Crippen molar-refractivity contribution < 1.29 is 4.74 Å². The van der Waals surface area contributed by atoms with Crippen LogP contribution in [0.15, 0.2) is 66.2 Å². The van der Waals surface area contributed by atoms with Crippen LogP contribution in [0.25, 0.3) is 22.3 Å². The Bertz CT molecular complexity index is 1690. The van der Waals surface area contributed by atoms with E-state index in [1.54, 1.807) is 17.8 Å². The van der Waals surface area contributed by atoms with Gasteiger partial charge in [-0.15, -0.1) is 0 Å². The lowest BCUT2D eigenvalue weighted by molar-refractivity contribution is -0.00876. The minimum atomic E-state index is 0.498. The average molecular weight is 546 g/mol. The smallest absolute Gasteiger partial charge is 0.212 e. The Hall–Kier alpha value is -4.75. The highest BCUT2D eigenvalue weighted by Gasteiger charge is 2.44. The molecule has 4 aliphatic rings. The number of piperazine rings is 1. The zero-order valence-corrected chi connectivity index (χ0v) is 22.9. The van der Waals surface area contributed by atoms with Crippen LogP contribution in [-0.2, 0) is 6.54 Å². The van der Waals surface area contributed by atoms with E-state index >= 15 is 0 Å². The lowest BCUT2D eigenvalue weighted by atomic mass is 9.87. The minimum Gasteiger partial charge on any atom is -0.481 e. The SMILES string of the molecule is COc1ccc(CN2C3CC2CN(c2ccc(-c4cc(C(N)=CC5=NCCC5)cn5ncc(C#N)c45)cn2)C3)cn1. The van der Waals surface area contributed by atoms with Crippen molar-refractivity contribution in [3.63, 3.8) is 0 Å². The topological polar surface area (TPSA) is 121 Å². The molecule has 41 heavy (non-hydrogen) atoms. The molecule has 0 amide bonds. The normalized spacial score (nSPS) is 20.5. The van der Waals surface area contributed by atoms with Gasteiger partial charge in [0.2, 0.25) is 5.88 Å². The van der Waals surface area contributed by atoms with Crippen molar-refractivity contribution in [1.82, 2.24) is 24.5 Å². The van der Waals surface area contributed by atoms with Gasteiger partial charge < -0.3 is 15.4 Å². The second-order valence-electron chi connectivity index (χ2n) is 10.9. The molecule has 4 aliphatic heterocycles. The summed E-state index contributed by atoms with van der Waals surface area (Å²) in [5.74, 6) is 1.61. The maximum absolute atomic E-state index is 9.75. The summed E-state index contributed by atoms with van der Waals surface area (Å²) in [4.78, 5) is 18.7. The average Bonchev–Trinajstić information content (AvgIpc) is 3.69. The van der Waals surface area contributed by atoms with Crippen LogP contribution in [0.4, 0.5) is 5.82 Å². The molecule has 4 aromatic rings. The molecule has 0 aromatic carbocycles. The van der Waals surface area contributed by atoms with Crippen LogP contribution in [0.1, 0.15) is 36.0 Å². The minimum absolute atomic E-state index is 0.498. The van der Waals surface area contributed by atoms with Gasteiger partial charge in [-0.25, -0.2) is 14.5 Å². The van der Waals surface area contributed by atoms with Crippen molar-refractivity contribution >= 4 is 22.7 Å². The summed E-state index contributed by atoms with van der Waals surface area (Å²) in [5, 5.41) is 14.2. The zero-order valence-electron chi connectivity index (χ0n) is 22.9. The van der Waals surface area contributed by atoms with Gasteiger partial charge in [0.05, 0.1) is 24.4 Å². The lowest BCUT2D eigenvalue weighted by Gasteiger charge is -2.56. The number of anilines is 1. The number of allylic oxidation sites excluding steroid dienone is 1. The second kappa shape index (κ2) is 10.3. The van der Waals surface area contributed by atoms with E-state index in [9.17, 15) is 5.26 Å². The summed E-state index contributed by atoms with van der Waals surface area (Å²) >= 11 is 0. The summed E-state index contributed by atoms with van der Waals surface area (Å²) in [7, 11) is 1.64. The van der Waals surface area contributed by atoms with Crippen molar-refractivity contribution in [3.8, 4) is 23.1 Å². The van der Waals surface area contributed by atoms with Crippen LogP contribution in [0.2, 0.25) is 0 Å². The van der Waals surface area contributed by atoms with E-state index < -0.39 is 0 Å². The number of aliphatic imine (C=N–C) groups is 1. The van der Waals surface area contributed by atoms with Crippen molar-refractivity contribution in [2.45, 2.75) is 37.9 Å². The fourth-order valence-corrected chi connectivity index (χ4v) is 6.22. The second-order valence-corrected chi connectivity index (χ2v) is 10.9. The molecule has 10 heteroatoms. The number of hydrogen-bond acceptors (Lipinski definition) is 9. The summed E-state index contributed by atoms with van der Waals surface area (Å²) in [5.41, 5.74) is 13.3. The Balaban J connectivity index is 1.12. The maximum Gasteiger partial charge on any atom is 0.212 e. The highest BCUT2D eigenvalue weighted by atomic mass is 16.5. The number of piperidine rings is 1. The highest BCUT2D eigenvalue weighted by Crippen LogP contribution is 2.36. The van der Waals surface area contributed by atoms with E-state index in [1.165, 1.54) is 12.0 Å². The summed E-state index contributed by atoms with van der Waals surface area (Å²) in [6.07, 6.45) is 12.4. The van der Waals surface area contributed by atoms with Crippen LogP contribution in [0.3, 0.4) is 0 Å². The fraction of sp³-hybridized carbons (Fsp3) is 0.323. The molecule has 10 nitrogen and oxygen atoms in total. The van der Waals surface area contributed by atoms with Gasteiger partial charge in [-0.1, -0.05) is 6.07 Å². The van der Waals surface area contributed by atoms with Gasteiger partial charge in [-0.3, -0.25) is 9.89 Å². The number of aromatic nitrogens is 4. The third-order valence-corrected chi connectivity index (χ3v) is 8.39. The molecule has 0 aliphatic carbocycles. The molecule has 2 bridgehead atoms. The largest absolute Gasteiger partial charge is 0.481 e. The van der Waals surface area contributed by atoms with Crippen LogP contribution in [-0.4, -0.2) is 69.0 Å². The molecule has 0 saturated carbocycles. The zero-order chi connectivity index (χ0) is 27.9. The Morgan fingerprint density at radius 2 is 2.02 bits per heavy atom. The van der Waals surface area contributed by atoms with Crippen LogP contribution >= 0.6 is 0 Å². The first-order valence-electron chi connectivity index (χ1n) is 14.0. The molecule has 8 rings (SSSR count). The summed E-state index contributed by atoms with van der Waals surface area (Å²) < 4.78 is 6.92. The fourth-order valence-electron chi connectivity index (χ4n) is 6.22. The lowest BCUT2D eigenvalue weighted by Crippen LogP contribution is -2.68. The van der Waals surface area contributed by atoms with Gasteiger partial charge in [0.15, 0.2) is 0 Å². The third kappa shape index (κ3) is 4.68. The molecule has 3 fully saturated rings. The predicted molar refractivity (Wildman–Crippen MR) is 158 cm³/mol. The molecule has 4 aromatic heterocycles. The Morgan fingerprint density at radius 1 is 1.15 bits per heavy atom. The van der Waals surface area contributed by atoms with Crippen molar-refractivity contribution in [2.75, 3.05) is 31.6 Å². The van der Waals surface area contributed by atoms with Gasteiger partial charge in [-0.05, 0) is 49.1 Å². The van der Waals surface area contributed by atoms with Gasteiger partial charge >= 0.3 is 0 Å². The molecule has 8 heterocycles. The molecule has 0 radical (unpaired) electrons. The Kier molecular flexibility index (Phi) is 6.36. The van der Waals surface area contributed by atoms with Crippen LogP contribution in [0.5, 0.6) is 5.88 Å². The van der Waals surface area contributed by atoms with E-state index in [0.29, 0.717) is 29.2 Å². The molecular weight excluding hydrogens is 514 g/mol. The Morgan fingerprint density at radius 3 is 2.71 bits per heavy atom. The Labute approximate surface area is 238 Å². The number of rotatable bonds is 7. The molecule has 3 saturated heterocycles. The number of nitriles is 1. The van der Waals surface area contributed by atoms with E-state index in [2.05, 4.69) is 49.1 Å². The first-order chi connectivity index (χ1) is 20.1. The van der Waals surface area contributed by atoms with E-state index in [0.717, 1.165) is 72.8 Å². The quantitative estimate of drug-likeness (QED) is 0.373. The molecule has 2 N–H and O–H groups in total. The molecule has 2 unspecified atom stereocenters. The predicted octanol–water partition coefficient (Wildman–Crippen LogP) is 3.67. The number of methoxy groups -OCH3 is 1. The monoisotopic (exact) mass is 545 g/mol. The highest BCUT2D eigenvalue weighted by molar-refractivity contribution is 6.01. The van der Waals surface area contributed by atoms with Crippen molar-refractivity contribution in [2.24, 2.45) is 10.7 Å². The number of pyridine rings is 3. The standard InChI is InChI=1S/C31H31N9O/c1-41-30-7-4-20(13-36-30)16-39-25-11-26(39)19-38(18-25)29-6-5-21(14-35-29)27-9-22(28(33)10-24-3-2-8-34-24)17-40-31(27)23(12-32)15-37-40/h4-7,9-10,13-15,17,25-26H,2-3,8,11,16,18-19,33H2,1H3. The summed E-state index contributed by atoms with van der Waals surface area (Å²) in [6, 6.07) is 13.5. The molecule has 0 spiro atoms. The number of ether oxygens (including phenoxy) is 1. The summed E-state index contributed by atoms with van der Waals surface area (Å²) in [6.45, 7) is 3.64. The van der Waals surface area contributed by atoms with Gasteiger partial charge in [0.1, 0.15) is 11.9 Å². The first kappa shape index (κ1) is 25.2. The van der Waals surface area contributed by atoms with E-state index in [4.69, 9.17) is 15.5 Å². The third-order valence-electron chi connectivity index (χ3n) is 8.39. The van der Waals surface area contributed by atoms with Crippen molar-refractivity contribution in [3.05, 3.63) is 77.9 Å². The molecule has 2 atom stereocenters. The van der Waals surface area contributed by atoms with Gasteiger partial charge in [0.25, 0.3) is 0 Å². The maximum atomic E-state index is 9.75.